The van der Waals surface area contributed by atoms with Crippen LogP contribution in [0.1, 0.15) is 5.82 Å². The summed E-state index contributed by atoms with van der Waals surface area (Å²) < 4.78 is 72.9. The molecule has 1 N–H and O–H groups in total. The number of fused-ring (bicyclic) bond motifs is 1. The maximum Gasteiger partial charge on any atom is 0.573 e. The number of aromatic amines is 1. The summed E-state index contributed by atoms with van der Waals surface area (Å²) in [6, 6.07) is 10.4. The first-order chi connectivity index (χ1) is 14.6. The minimum atomic E-state index is -4.89. The SMILES string of the molecule is COCCN(Cc1nc2ccccc2c(=O)[nH]1)S(=O)(=O)c1ccc(OC(F)(F)F)cc1. The highest BCUT2D eigenvalue weighted by molar-refractivity contribution is 7.89. The van der Waals surface area contributed by atoms with Crippen molar-refractivity contribution in [2.45, 2.75) is 17.8 Å². The number of para-hydroxylation sites is 1. The Kier molecular flexibility index (Phi) is 6.62. The van der Waals surface area contributed by atoms with Gasteiger partial charge in [-0.25, -0.2) is 13.4 Å². The monoisotopic (exact) mass is 457 g/mol. The quantitative estimate of drug-likeness (QED) is 0.558. The number of sulfonamides is 1. The highest BCUT2D eigenvalue weighted by Gasteiger charge is 2.31. The minimum absolute atomic E-state index is 0.0479. The first-order valence-electron chi connectivity index (χ1n) is 8.93. The highest BCUT2D eigenvalue weighted by Crippen LogP contribution is 2.25. The molecule has 0 saturated carbocycles. The third-order valence-corrected chi connectivity index (χ3v) is 6.09. The van der Waals surface area contributed by atoms with Crippen LogP contribution < -0.4 is 10.3 Å². The summed E-state index contributed by atoms with van der Waals surface area (Å²) in [7, 11) is -2.75. The average molecular weight is 457 g/mol. The number of nitrogens with one attached hydrogen (secondary N) is 1. The van der Waals surface area contributed by atoms with Gasteiger partial charge in [-0.05, 0) is 36.4 Å². The Balaban J connectivity index is 1.91. The fourth-order valence-electron chi connectivity index (χ4n) is 2.82. The summed E-state index contributed by atoms with van der Waals surface area (Å²) in [5.41, 5.74) is -0.0164. The maximum atomic E-state index is 13.1. The summed E-state index contributed by atoms with van der Waals surface area (Å²) in [6.07, 6.45) is -4.89. The molecule has 0 atom stereocenters. The smallest absolute Gasteiger partial charge is 0.406 e. The molecule has 3 aromatic rings. The molecule has 0 saturated heterocycles. The van der Waals surface area contributed by atoms with Crippen LogP contribution in [-0.2, 0) is 21.3 Å². The van der Waals surface area contributed by atoms with Crippen LogP contribution in [0.25, 0.3) is 10.9 Å². The van der Waals surface area contributed by atoms with E-state index in [0.717, 1.165) is 28.6 Å². The average Bonchev–Trinajstić information content (AvgIpc) is 2.70. The number of halogens is 3. The fourth-order valence-corrected chi connectivity index (χ4v) is 4.20. The molecule has 2 aromatic carbocycles. The molecule has 0 spiro atoms. The molecule has 3 rings (SSSR count). The van der Waals surface area contributed by atoms with Crippen molar-refractivity contribution in [1.82, 2.24) is 14.3 Å². The number of rotatable bonds is 8. The van der Waals surface area contributed by atoms with Crippen molar-refractivity contribution in [2.24, 2.45) is 0 Å². The van der Waals surface area contributed by atoms with E-state index in [-0.39, 0.29) is 30.4 Å². The van der Waals surface area contributed by atoms with E-state index < -0.39 is 27.7 Å². The molecule has 0 fully saturated rings. The first-order valence-corrected chi connectivity index (χ1v) is 10.4. The van der Waals surface area contributed by atoms with Gasteiger partial charge in [-0.1, -0.05) is 12.1 Å². The normalized spacial score (nSPS) is 12.4. The van der Waals surface area contributed by atoms with E-state index in [1.807, 2.05) is 0 Å². The molecule has 0 aliphatic rings. The van der Waals surface area contributed by atoms with Gasteiger partial charge in [0.15, 0.2) is 0 Å². The van der Waals surface area contributed by atoms with Gasteiger partial charge in [0, 0.05) is 13.7 Å². The Morgan fingerprint density at radius 2 is 1.77 bits per heavy atom. The van der Waals surface area contributed by atoms with Crippen LogP contribution >= 0.6 is 0 Å². The van der Waals surface area contributed by atoms with E-state index in [0.29, 0.717) is 10.9 Å². The lowest BCUT2D eigenvalue weighted by Crippen LogP contribution is -2.34. The van der Waals surface area contributed by atoms with Crippen molar-refractivity contribution >= 4 is 20.9 Å². The zero-order chi connectivity index (χ0) is 22.6. The molecule has 0 amide bonds. The van der Waals surface area contributed by atoms with E-state index in [2.05, 4.69) is 14.7 Å². The largest absolute Gasteiger partial charge is 0.573 e. The number of nitrogens with zero attached hydrogens (tertiary/aromatic N) is 2. The van der Waals surface area contributed by atoms with Crippen LogP contribution in [0.5, 0.6) is 5.75 Å². The molecular weight excluding hydrogens is 439 g/mol. The van der Waals surface area contributed by atoms with Gasteiger partial charge in [0.25, 0.3) is 5.56 Å². The number of methoxy groups -OCH3 is 1. The molecule has 0 unspecified atom stereocenters. The number of hydrogen-bond acceptors (Lipinski definition) is 6. The van der Waals surface area contributed by atoms with Crippen molar-refractivity contribution in [3.8, 4) is 5.75 Å². The van der Waals surface area contributed by atoms with Crippen LogP contribution in [0.15, 0.2) is 58.2 Å². The molecular formula is C19H18F3N3O5S. The van der Waals surface area contributed by atoms with Crippen LogP contribution in [0.2, 0.25) is 0 Å². The molecule has 166 valence electrons. The number of alkyl halides is 3. The lowest BCUT2D eigenvalue weighted by Gasteiger charge is -2.21. The zero-order valence-corrected chi connectivity index (χ0v) is 17.0. The highest BCUT2D eigenvalue weighted by atomic mass is 32.2. The second-order valence-corrected chi connectivity index (χ2v) is 8.32. The molecule has 12 heteroatoms. The Labute approximate surface area is 175 Å². The van der Waals surface area contributed by atoms with Crippen molar-refractivity contribution in [3.05, 3.63) is 64.7 Å². The summed E-state index contributed by atoms with van der Waals surface area (Å²) in [4.78, 5) is 18.9. The number of ether oxygens (including phenoxy) is 2. The topological polar surface area (TPSA) is 102 Å². The third-order valence-electron chi connectivity index (χ3n) is 4.23. The zero-order valence-electron chi connectivity index (χ0n) is 16.2. The van der Waals surface area contributed by atoms with Gasteiger partial charge in [-0.3, -0.25) is 4.79 Å². The fraction of sp³-hybridized carbons (Fsp3) is 0.263. The molecule has 31 heavy (non-hydrogen) atoms. The van der Waals surface area contributed by atoms with Gasteiger partial charge in [0.05, 0.1) is 29.0 Å². The molecule has 0 bridgehead atoms. The Morgan fingerprint density at radius 1 is 1.10 bits per heavy atom. The van der Waals surface area contributed by atoms with Crippen LogP contribution in [-0.4, -0.2) is 49.3 Å². The minimum Gasteiger partial charge on any atom is -0.406 e. The Morgan fingerprint density at radius 3 is 2.42 bits per heavy atom. The van der Waals surface area contributed by atoms with Gasteiger partial charge in [-0.15, -0.1) is 13.2 Å². The van der Waals surface area contributed by atoms with Gasteiger partial charge >= 0.3 is 6.36 Å². The number of aromatic nitrogens is 2. The first kappa shape index (κ1) is 22.7. The van der Waals surface area contributed by atoms with Gasteiger partial charge in [-0.2, -0.15) is 4.31 Å². The second-order valence-electron chi connectivity index (χ2n) is 6.38. The van der Waals surface area contributed by atoms with E-state index in [1.165, 1.54) is 7.11 Å². The standard InChI is InChI=1S/C19H18F3N3O5S/c1-29-11-10-25(12-17-23-16-5-3-2-4-15(16)18(26)24-17)31(27,28)14-8-6-13(7-9-14)30-19(20,21)22/h2-9H,10-12H2,1H3,(H,23,24,26). The second kappa shape index (κ2) is 9.04. The Hall–Kier alpha value is -2.96. The molecule has 1 heterocycles. The third kappa shape index (κ3) is 5.60. The summed E-state index contributed by atoms with van der Waals surface area (Å²) >= 11 is 0. The van der Waals surface area contributed by atoms with Crippen molar-refractivity contribution in [2.75, 3.05) is 20.3 Å². The van der Waals surface area contributed by atoms with Crippen LogP contribution in [0.4, 0.5) is 13.2 Å². The molecule has 8 nitrogen and oxygen atoms in total. The maximum absolute atomic E-state index is 13.1. The number of benzene rings is 2. The molecule has 1 aromatic heterocycles. The van der Waals surface area contributed by atoms with Gasteiger partial charge in [0.2, 0.25) is 10.0 Å². The van der Waals surface area contributed by atoms with Crippen molar-refractivity contribution < 1.29 is 31.1 Å². The summed E-state index contributed by atoms with van der Waals surface area (Å²) in [5, 5.41) is 0.359. The van der Waals surface area contributed by atoms with E-state index in [9.17, 15) is 26.4 Å². The van der Waals surface area contributed by atoms with E-state index in [1.54, 1.807) is 24.3 Å². The van der Waals surface area contributed by atoms with Crippen molar-refractivity contribution in [3.63, 3.8) is 0 Å². The lowest BCUT2D eigenvalue weighted by atomic mass is 10.2. The van der Waals surface area contributed by atoms with E-state index in [4.69, 9.17) is 4.74 Å². The summed E-state index contributed by atoms with van der Waals surface area (Å²) in [5.74, 6) is -0.434. The van der Waals surface area contributed by atoms with Gasteiger partial charge in [0.1, 0.15) is 11.6 Å². The molecule has 0 aliphatic heterocycles. The number of H-pyrrole nitrogens is 1. The predicted octanol–water partition coefficient (Wildman–Crippen LogP) is 2.66. The van der Waals surface area contributed by atoms with Crippen LogP contribution in [0.3, 0.4) is 0 Å². The van der Waals surface area contributed by atoms with Gasteiger partial charge < -0.3 is 14.5 Å². The van der Waals surface area contributed by atoms with Crippen LogP contribution in [0, 0.1) is 0 Å². The van der Waals surface area contributed by atoms with Crippen molar-refractivity contribution in [1.29, 1.82) is 0 Å². The predicted molar refractivity (Wildman–Crippen MR) is 105 cm³/mol. The van der Waals surface area contributed by atoms with E-state index >= 15 is 0 Å². The molecule has 0 radical (unpaired) electrons. The molecule has 0 aliphatic carbocycles. The Bertz CT molecular complexity index is 1210. The summed E-state index contributed by atoms with van der Waals surface area (Å²) in [6.45, 7) is -0.297. The number of hydrogen-bond donors (Lipinski definition) is 1. The lowest BCUT2D eigenvalue weighted by molar-refractivity contribution is -0.274.